The van der Waals surface area contributed by atoms with E-state index in [2.05, 4.69) is 25.2 Å². The summed E-state index contributed by atoms with van der Waals surface area (Å²) < 4.78 is 0. The summed E-state index contributed by atoms with van der Waals surface area (Å²) in [6.07, 6.45) is 1.53. The third-order valence-corrected chi connectivity index (χ3v) is 2.68. The van der Waals surface area contributed by atoms with Gasteiger partial charge < -0.3 is 5.32 Å². The summed E-state index contributed by atoms with van der Waals surface area (Å²) in [7, 11) is 0. The minimum Gasteiger partial charge on any atom is -0.315 e. The first-order valence-corrected chi connectivity index (χ1v) is 6.34. The Balaban J connectivity index is 2.47. The Morgan fingerprint density at radius 1 is 1.18 bits per heavy atom. The van der Waals surface area contributed by atoms with Crippen LogP contribution < -0.4 is 5.32 Å². The highest BCUT2D eigenvalue weighted by molar-refractivity contribution is 5.96. The molecule has 0 aliphatic carbocycles. The Bertz CT molecular complexity index is 362. The van der Waals surface area contributed by atoms with Crippen LogP contribution in [0.4, 0.5) is 0 Å². The lowest BCUT2D eigenvalue weighted by Crippen LogP contribution is -2.24. The highest BCUT2D eigenvalue weighted by Gasteiger charge is 2.06. The van der Waals surface area contributed by atoms with E-state index in [0.717, 1.165) is 29.7 Å². The molecule has 17 heavy (non-hydrogen) atoms. The van der Waals surface area contributed by atoms with Crippen LogP contribution in [-0.4, -0.2) is 18.4 Å². The summed E-state index contributed by atoms with van der Waals surface area (Å²) in [5.41, 5.74) is 3.18. The summed E-state index contributed by atoms with van der Waals surface area (Å²) in [6.45, 7) is 9.21. The van der Waals surface area contributed by atoms with Crippen molar-refractivity contribution in [2.24, 2.45) is 0 Å². The molecule has 2 nitrogen and oxygen atoms in total. The van der Waals surface area contributed by atoms with Gasteiger partial charge in [-0.3, -0.25) is 4.79 Å². The summed E-state index contributed by atoms with van der Waals surface area (Å²) in [4.78, 5) is 12.0. The van der Waals surface area contributed by atoms with Gasteiger partial charge in [0.1, 0.15) is 0 Å². The maximum Gasteiger partial charge on any atom is 0.162 e. The van der Waals surface area contributed by atoms with Crippen molar-refractivity contribution in [1.82, 2.24) is 5.32 Å². The monoisotopic (exact) mass is 233 g/mol. The molecule has 0 amide bonds. The molecule has 1 rings (SSSR count). The molecule has 1 aromatic rings. The standard InChI is InChI=1S/C15H23NO/c1-11(2)16-7-5-6-15(17)14-9-12(3)8-13(4)10-14/h8-11,16H,5-7H2,1-4H3. The zero-order valence-electron chi connectivity index (χ0n) is 11.3. The van der Waals surface area contributed by atoms with Crippen LogP contribution in [0.5, 0.6) is 0 Å². The molecule has 2 heteroatoms. The molecule has 0 saturated carbocycles. The van der Waals surface area contributed by atoms with E-state index in [0.29, 0.717) is 12.5 Å². The maximum absolute atomic E-state index is 12.0. The lowest BCUT2D eigenvalue weighted by molar-refractivity contribution is 0.0979. The third-order valence-electron chi connectivity index (χ3n) is 2.68. The summed E-state index contributed by atoms with van der Waals surface area (Å²) >= 11 is 0. The molecule has 1 aromatic carbocycles. The van der Waals surface area contributed by atoms with Gasteiger partial charge in [-0.2, -0.15) is 0 Å². The maximum atomic E-state index is 12.0. The van der Waals surface area contributed by atoms with E-state index in [1.165, 1.54) is 0 Å². The van der Waals surface area contributed by atoms with E-state index in [-0.39, 0.29) is 5.78 Å². The topological polar surface area (TPSA) is 29.1 Å². The van der Waals surface area contributed by atoms with Crippen molar-refractivity contribution in [3.63, 3.8) is 0 Å². The van der Waals surface area contributed by atoms with Gasteiger partial charge in [0.25, 0.3) is 0 Å². The Hall–Kier alpha value is -1.15. The Kier molecular flexibility index (Phi) is 5.36. The number of hydrogen-bond donors (Lipinski definition) is 1. The highest BCUT2D eigenvalue weighted by Crippen LogP contribution is 2.11. The molecule has 0 aliphatic heterocycles. The molecule has 0 radical (unpaired) electrons. The number of carbonyl (C=O) groups excluding carboxylic acids is 1. The normalized spacial score (nSPS) is 10.9. The van der Waals surface area contributed by atoms with Crippen molar-refractivity contribution < 1.29 is 4.79 Å². The molecule has 0 atom stereocenters. The van der Waals surface area contributed by atoms with Gasteiger partial charge in [0.2, 0.25) is 0 Å². The molecule has 0 aliphatic rings. The van der Waals surface area contributed by atoms with Crippen LogP contribution in [0.3, 0.4) is 0 Å². The van der Waals surface area contributed by atoms with Gasteiger partial charge in [-0.25, -0.2) is 0 Å². The van der Waals surface area contributed by atoms with E-state index in [4.69, 9.17) is 0 Å². The van der Waals surface area contributed by atoms with Gasteiger partial charge in [-0.1, -0.05) is 31.0 Å². The highest BCUT2D eigenvalue weighted by atomic mass is 16.1. The Labute approximate surface area is 104 Å². The molecule has 0 fully saturated rings. The van der Waals surface area contributed by atoms with E-state index in [9.17, 15) is 4.79 Å². The van der Waals surface area contributed by atoms with E-state index >= 15 is 0 Å². The van der Waals surface area contributed by atoms with Crippen molar-refractivity contribution in [2.75, 3.05) is 6.54 Å². The van der Waals surface area contributed by atoms with Crippen molar-refractivity contribution in [1.29, 1.82) is 0 Å². The lowest BCUT2D eigenvalue weighted by atomic mass is 10.0. The lowest BCUT2D eigenvalue weighted by Gasteiger charge is -2.08. The first-order chi connectivity index (χ1) is 7.99. The van der Waals surface area contributed by atoms with Crippen LogP contribution in [0.2, 0.25) is 0 Å². The first kappa shape index (κ1) is 13.9. The van der Waals surface area contributed by atoms with Gasteiger partial charge in [-0.05, 0) is 38.9 Å². The SMILES string of the molecule is Cc1cc(C)cc(C(=O)CCCNC(C)C)c1. The average molecular weight is 233 g/mol. The largest absolute Gasteiger partial charge is 0.315 e. The molecule has 0 heterocycles. The molecular formula is C15H23NO. The predicted molar refractivity (Wildman–Crippen MR) is 72.6 cm³/mol. The minimum atomic E-state index is 0.252. The van der Waals surface area contributed by atoms with Gasteiger partial charge in [0.05, 0.1) is 0 Å². The number of benzene rings is 1. The van der Waals surface area contributed by atoms with Crippen LogP contribution in [0.15, 0.2) is 18.2 Å². The smallest absolute Gasteiger partial charge is 0.162 e. The molecule has 0 bridgehead atoms. The quantitative estimate of drug-likeness (QED) is 0.603. The second kappa shape index (κ2) is 6.55. The summed E-state index contributed by atoms with van der Waals surface area (Å²) in [5, 5.41) is 3.32. The second-order valence-electron chi connectivity index (χ2n) is 5.01. The van der Waals surface area contributed by atoms with Crippen LogP contribution in [-0.2, 0) is 0 Å². The van der Waals surface area contributed by atoms with Crippen molar-refractivity contribution in [3.8, 4) is 0 Å². The molecular weight excluding hydrogens is 210 g/mol. The number of Topliss-reactive ketones (excluding diaryl/α,β-unsaturated/α-hetero) is 1. The van der Waals surface area contributed by atoms with Crippen molar-refractivity contribution in [2.45, 2.75) is 46.6 Å². The fourth-order valence-corrected chi connectivity index (χ4v) is 1.92. The molecule has 0 unspecified atom stereocenters. The zero-order valence-corrected chi connectivity index (χ0v) is 11.3. The van der Waals surface area contributed by atoms with Crippen LogP contribution >= 0.6 is 0 Å². The molecule has 0 aromatic heterocycles. The number of nitrogens with one attached hydrogen (secondary N) is 1. The summed E-state index contributed by atoms with van der Waals surface area (Å²) in [6, 6.07) is 6.54. The van der Waals surface area contributed by atoms with Gasteiger partial charge in [0.15, 0.2) is 5.78 Å². The molecule has 94 valence electrons. The van der Waals surface area contributed by atoms with Crippen LogP contribution in [0.25, 0.3) is 0 Å². The third kappa shape index (κ3) is 5.14. The van der Waals surface area contributed by atoms with Gasteiger partial charge >= 0.3 is 0 Å². The Morgan fingerprint density at radius 3 is 2.29 bits per heavy atom. The minimum absolute atomic E-state index is 0.252. The summed E-state index contributed by atoms with van der Waals surface area (Å²) in [5.74, 6) is 0.252. The van der Waals surface area contributed by atoms with E-state index in [1.54, 1.807) is 0 Å². The van der Waals surface area contributed by atoms with E-state index in [1.807, 2.05) is 26.0 Å². The van der Waals surface area contributed by atoms with Gasteiger partial charge in [-0.15, -0.1) is 0 Å². The number of hydrogen-bond acceptors (Lipinski definition) is 2. The number of ketones is 1. The first-order valence-electron chi connectivity index (χ1n) is 6.34. The van der Waals surface area contributed by atoms with Crippen LogP contribution in [0.1, 0.15) is 48.2 Å². The fraction of sp³-hybridized carbons (Fsp3) is 0.533. The average Bonchev–Trinajstić information content (AvgIpc) is 2.22. The molecule has 0 saturated heterocycles. The zero-order chi connectivity index (χ0) is 12.8. The molecule has 0 spiro atoms. The Morgan fingerprint density at radius 2 is 1.76 bits per heavy atom. The number of carbonyl (C=O) groups is 1. The fourth-order valence-electron chi connectivity index (χ4n) is 1.92. The molecule has 1 N–H and O–H groups in total. The predicted octanol–water partition coefficient (Wildman–Crippen LogP) is 3.26. The number of rotatable bonds is 6. The van der Waals surface area contributed by atoms with Crippen molar-refractivity contribution >= 4 is 5.78 Å². The second-order valence-corrected chi connectivity index (χ2v) is 5.01. The van der Waals surface area contributed by atoms with Gasteiger partial charge in [0, 0.05) is 18.0 Å². The van der Waals surface area contributed by atoms with E-state index < -0.39 is 0 Å². The number of aryl methyl sites for hydroxylation is 2. The van der Waals surface area contributed by atoms with Crippen LogP contribution in [0, 0.1) is 13.8 Å². The van der Waals surface area contributed by atoms with Crippen molar-refractivity contribution in [3.05, 3.63) is 34.9 Å².